The third kappa shape index (κ3) is 2.86. The lowest BCUT2D eigenvalue weighted by Gasteiger charge is -2.07. The molecule has 0 aliphatic heterocycles. The fraction of sp³-hybridized carbons (Fsp3) is 0.200. The molecular weight excluding hydrogens is 242 g/mol. The van der Waals surface area contributed by atoms with Gasteiger partial charge in [-0.05, 0) is 13.0 Å². The zero-order valence-electron chi connectivity index (χ0n) is 7.84. The van der Waals surface area contributed by atoms with Crippen LogP contribution in [0.2, 0.25) is 0 Å². The first-order valence-corrected chi connectivity index (χ1v) is 4.86. The molecule has 0 amide bonds. The molecule has 0 bridgehead atoms. The van der Waals surface area contributed by atoms with Gasteiger partial charge in [0, 0.05) is 22.9 Å². The molecule has 1 aromatic rings. The molecule has 1 rings (SSSR count). The Hall–Kier alpha value is -1.34. The summed E-state index contributed by atoms with van der Waals surface area (Å²) in [5, 5.41) is 11.9. The van der Waals surface area contributed by atoms with E-state index in [-0.39, 0.29) is 0 Å². The number of pyridine rings is 1. The van der Waals surface area contributed by atoms with Crippen LogP contribution in [-0.2, 0) is 0 Å². The lowest BCUT2D eigenvalue weighted by molar-refractivity contribution is 1.17. The highest BCUT2D eigenvalue weighted by molar-refractivity contribution is 9.11. The van der Waals surface area contributed by atoms with E-state index in [0.29, 0.717) is 12.1 Å². The summed E-state index contributed by atoms with van der Waals surface area (Å²) in [7, 11) is 0. The van der Waals surface area contributed by atoms with Gasteiger partial charge in [0.25, 0.3) is 0 Å². The molecule has 0 radical (unpaired) electrons. The van der Waals surface area contributed by atoms with E-state index in [0.717, 1.165) is 15.9 Å². The van der Waals surface area contributed by atoms with Crippen molar-refractivity contribution in [1.29, 1.82) is 5.26 Å². The molecule has 0 saturated heterocycles. The van der Waals surface area contributed by atoms with Crippen molar-refractivity contribution in [3.8, 4) is 6.07 Å². The molecule has 0 unspecified atom stereocenters. The first-order chi connectivity index (χ1) is 6.63. The van der Waals surface area contributed by atoms with Crippen LogP contribution >= 0.6 is 15.9 Å². The molecule has 1 heterocycles. The zero-order valence-corrected chi connectivity index (χ0v) is 9.43. The highest BCUT2D eigenvalue weighted by Crippen LogP contribution is 2.15. The van der Waals surface area contributed by atoms with Crippen molar-refractivity contribution in [1.82, 2.24) is 4.98 Å². The van der Waals surface area contributed by atoms with Gasteiger partial charge in [0.1, 0.15) is 6.07 Å². The smallest absolute Gasteiger partial charge is 0.103 e. The van der Waals surface area contributed by atoms with Crippen molar-refractivity contribution in [2.24, 2.45) is 0 Å². The minimum Gasteiger partial charge on any atom is -0.379 e. The van der Waals surface area contributed by atoms with Gasteiger partial charge in [-0.25, -0.2) is 0 Å². The van der Waals surface area contributed by atoms with Gasteiger partial charge in [0.15, 0.2) is 0 Å². The molecule has 4 heteroatoms. The van der Waals surface area contributed by atoms with E-state index >= 15 is 0 Å². The Balaban J connectivity index is 2.89. The first-order valence-electron chi connectivity index (χ1n) is 4.07. The van der Waals surface area contributed by atoms with Crippen molar-refractivity contribution in [2.45, 2.75) is 6.92 Å². The Morgan fingerprint density at radius 2 is 2.50 bits per heavy atom. The number of halogens is 1. The van der Waals surface area contributed by atoms with Gasteiger partial charge in [0.2, 0.25) is 0 Å². The maximum absolute atomic E-state index is 8.81. The van der Waals surface area contributed by atoms with E-state index in [1.807, 2.05) is 13.0 Å². The average molecular weight is 252 g/mol. The van der Waals surface area contributed by atoms with Crippen molar-refractivity contribution in [3.05, 3.63) is 34.6 Å². The lowest BCUT2D eigenvalue weighted by atomic mass is 10.2. The summed E-state index contributed by atoms with van der Waals surface area (Å²) < 4.78 is 0.843. The van der Waals surface area contributed by atoms with Gasteiger partial charge in [-0.1, -0.05) is 22.5 Å². The van der Waals surface area contributed by atoms with Crippen molar-refractivity contribution in [2.75, 3.05) is 11.9 Å². The monoisotopic (exact) mass is 251 g/mol. The molecule has 0 saturated carbocycles. The highest BCUT2D eigenvalue weighted by Gasteiger charge is 2.02. The van der Waals surface area contributed by atoms with Gasteiger partial charge >= 0.3 is 0 Å². The number of aromatic nitrogens is 1. The zero-order chi connectivity index (χ0) is 10.6. The second-order valence-corrected chi connectivity index (χ2v) is 3.98. The average Bonchev–Trinajstić information content (AvgIpc) is 2.15. The third-order valence-electron chi connectivity index (χ3n) is 1.63. The first kappa shape index (κ1) is 10.7. The quantitative estimate of drug-likeness (QED) is 0.899. The Kier molecular flexibility index (Phi) is 3.66. The number of nitrogens with zero attached hydrogens (tertiary/aromatic N) is 2. The van der Waals surface area contributed by atoms with Gasteiger partial charge in [-0.3, -0.25) is 4.98 Å². The molecule has 0 aliphatic rings. The van der Waals surface area contributed by atoms with Crippen LogP contribution in [0.4, 0.5) is 5.69 Å². The summed E-state index contributed by atoms with van der Waals surface area (Å²) in [4.78, 5) is 4.04. The van der Waals surface area contributed by atoms with E-state index in [1.54, 1.807) is 6.20 Å². The third-order valence-corrected chi connectivity index (χ3v) is 1.91. The van der Waals surface area contributed by atoms with Crippen LogP contribution in [0.1, 0.15) is 11.3 Å². The Morgan fingerprint density at radius 1 is 1.79 bits per heavy atom. The van der Waals surface area contributed by atoms with Crippen LogP contribution in [0, 0.1) is 18.3 Å². The van der Waals surface area contributed by atoms with Gasteiger partial charge in [0.05, 0.1) is 11.3 Å². The molecule has 14 heavy (non-hydrogen) atoms. The number of hydrogen-bond acceptors (Lipinski definition) is 3. The number of nitrogens with one attached hydrogen (secondary N) is 1. The number of rotatable bonds is 3. The summed E-state index contributed by atoms with van der Waals surface area (Å²) in [5.74, 6) is 0. The number of nitriles is 1. The molecule has 72 valence electrons. The molecule has 0 aliphatic carbocycles. The Bertz CT molecular complexity index is 393. The standard InChI is InChI=1S/C10H10BrN3/c1-7(11)5-14-10-3-8(2)13-6-9(10)4-12/h3,6H,1,5H2,2H3,(H,13,14). The predicted octanol–water partition coefficient (Wildman–Crippen LogP) is 2.58. The maximum Gasteiger partial charge on any atom is 0.103 e. The van der Waals surface area contributed by atoms with Crippen LogP contribution in [-0.4, -0.2) is 11.5 Å². The van der Waals surface area contributed by atoms with Crippen molar-refractivity contribution in [3.63, 3.8) is 0 Å². The van der Waals surface area contributed by atoms with Gasteiger partial charge in [-0.15, -0.1) is 0 Å². The lowest BCUT2D eigenvalue weighted by Crippen LogP contribution is -2.03. The maximum atomic E-state index is 8.81. The summed E-state index contributed by atoms with van der Waals surface area (Å²) in [6, 6.07) is 3.92. The predicted molar refractivity (Wildman–Crippen MR) is 60.2 cm³/mol. The molecule has 0 aromatic carbocycles. The van der Waals surface area contributed by atoms with E-state index in [2.05, 4.69) is 38.9 Å². The van der Waals surface area contributed by atoms with Crippen molar-refractivity contribution < 1.29 is 0 Å². The molecular formula is C10H10BrN3. The molecule has 0 spiro atoms. The number of hydrogen-bond donors (Lipinski definition) is 1. The molecule has 0 fully saturated rings. The largest absolute Gasteiger partial charge is 0.379 e. The van der Waals surface area contributed by atoms with Crippen LogP contribution in [0.15, 0.2) is 23.3 Å². The SMILES string of the molecule is C=C(Br)CNc1cc(C)ncc1C#N. The number of anilines is 1. The summed E-state index contributed by atoms with van der Waals surface area (Å²) in [6.45, 7) is 6.18. The van der Waals surface area contributed by atoms with Crippen LogP contribution in [0.5, 0.6) is 0 Å². The molecule has 1 N–H and O–H groups in total. The van der Waals surface area contributed by atoms with E-state index in [1.165, 1.54) is 0 Å². The molecule has 0 atom stereocenters. The van der Waals surface area contributed by atoms with Crippen LogP contribution in [0.3, 0.4) is 0 Å². The molecule has 3 nitrogen and oxygen atoms in total. The van der Waals surface area contributed by atoms with Crippen molar-refractivity contribution >= 4 is 21.6 Å². The summed E-state index contributed by atoms with van der Waals surface area (Å²) >= 11 is 3.24. The highest BCUT2D eigenvalue weighted by atomic mass is 79.9. The second kappa shape index (κ2) is 4.77. The fourth-order valence-corrected chi connectivity index (χ4v) is 1.13. The topological polar surface area (TPSA) is 48.7 Å². The van der Waals surface area contributed by atoms with Crippen LogP contribution < -0.4 is 5.32 Å². The minimum absolute atomic E-state index is 0.546. The van der Waals surface area contributed by atoms with E-state index < -0.39 is 0 Å². The Labute approximate surface area is 91.6 Å². The number of aryl methyl sites for hydroxylation is 1. The van der Waals surface area contributed by atoms with E-state index in [9.17, 15) is 0 Å². The van der Waals surface area contributed by atoms with Gasteiger partial charge < -0.3 is 5.32 Å². The summed E-state index contributed by atoms with van der Waals surface area (Å²) in [5.41, 5.74) is 2.22. The Morgan fingerprint density at radius 3 is 3.07 bits per heavy atom. The fourth-order valence-electron chi connectivity index (χ4n) is 0.986. The summed E-state index contributed by atoms with van der Waals surface area (Å²) in [6.07, 6.45) is 1.56. The second-order valence-electron chi connectivity index (χ2n) is 2.85. The van der Waals surface area contributed by atoms with E-state index in [4.69, 9.17) is 5.26 Å². The minimum atomic E-state index is 0.546. The molecule has 1 aromatic heterocycles. The van der Waals surface area contributed by atoms with Gasteiger partial charge in [-0.2, -0.15) is 5.26 Å². The van der Waals surface area contributed by atoms with Crippen LogP contribution in [0.25, 0.3) is 0 Å². The normalized spacial score (nSPS) is 9.21.